The Labute approximate surface area is 115 Å². The predicted octanol–water partition coefficient (Wildman–Crippen LogP) is 1.22. The van der Waals surface area contributed by atoms with Crippen molar-refractivity contribution in [1.29, 1.82) is 0 Å². The molecule has 0 aliphatic carbocycles. The molecule has 0 aliphatic rings. The van der Waals surface area contributed by atoms with Gasteiger partial charge in [0.15, 0.2) is 5.65 Å². The topological polar surface area (TPSA) is 97.1 Å². The first kappa shape index (κ1) is 14.0. The maximum absolute atomic E-state index is 11.9. The minimum absolute atomic E-state index is 0.173. The Morgan fingerprint density at radius 3 is 2.60 bits per heavy atom. The Morgan fingerprint density at radius 2 is 2.00 bits per heavy atom. The number of nitrogens with zero attached hydrogens (tertiary/aromatic N) is 3. The molecule has 0 fully saturated rings. The van der Waals surface area contributed by atoms with Crippen LogP contribution in [-0.2, 0) is 4.79 Å². The van der Waals surface area contributed by atoms with Gasteiger partial charge in [-0.3, -0.25) is 9.59 Å². The Kier molecular flexibility index (Phi) is 3.69. The van der Waals surface area contributed by atoms with Gasteiger partial charge in [0, 0.05) is 17.6 Å². The Bertz CT molecular complexity index is 663. The molecule has 2 N–H and O–H groups in total. The van der Waals surface area contributed by atoms with Gasteiger partial charge >= 0.3 is 5.97 Å². The lowest BCUT2D eigenvalue weighted by atomic mass is 10.2. The van der Waals surface area contributed by atoms with Crippen LogP contribution in [0.5, 0.6) is 0 Å². The van der Waals surface area contributed by atoms with Gasteiger partial charge in [-0.1, -0.05) is 0 Å². The Hall–Kier alpha value is -2.44. The fourth-order valence-corrected chi connectivity index (χ4v) is 1.78. The van der Waals surface area contributed by atoms with Gasteiger partial charge in [-0.25, -0.2) is 9.67 Å². The van der Waals surface area contributed by atoms with Crippen LogP contribution in [0.25, 0.3) is 11.0 Å². The number of pyridine rings is 1. The van der Waals surface area contributed by atoms with E-state index in [1.54, 1.807) is 16.9 Å². The molecule has 2 aromatic rings. The molecule has 1 unspecified atom stereocenters. The maximum atomic E-state index is 11.9. The second-order valence-corrected chi connectivity index (χ2v) is 4.85. The molecule has 20 heavy (non-hydrogen) atoms. The summed E-state index contributed by atoms with van der Waals surface area (Å²) in [6.45, 7) is 5.38. The van der Waals surface area contributed by atoms with Crippen molar-refractivity contribution in [3.63, 3.8) is 0 Å². The highest BCUT2D eigenvalue weighted by atomic mass is 16.4. The normalized spacial score (nSPS) is 12.6. The third-order valence-corrected chi connectivity index (χ3v) is 2.90. The number of carboxylic acids is 1. The van der Waals surface area contributed by atoms with Crippen LogP contribution in [0.2, 0.25) is 0 Å². The van der Waals surface area contributed by atoms with Crippen LogP contribution in [0.1, 0.15) is 37.2 Å². The second kappa shape index (κ2) is 5.28. The van der Waals surface area contributed by atoms with Crippen LogP contribution < -0.4 is 5.32 Å². The predicted molar refractivity (Wildman–Crippen MR) is 72.5 cm³/mol. The monoisotopic (exact) mass is 276 g/mol. The summed E-state index contributed by atoms with van der Waals surface area (Å²) in [6, 6.07) is 0.876. The molecule has 0 spiro atoms. The summed E-state index contributed by atoms with van der Waals surface area (Å²) in [5.41, 5.74) is 1.01. The van der Waals surface area contributed by atoms with Crippen molar-refractivity contribution in [2.45, 2.75) is 32.9 Å². The number of rotatable bonds is 4. The number of carbonyl (C=O) groups excluding carboxylic acids is 1. The number of hydrogen-bond acceptors (Lipinski definition) is 4. The summed E-state index contributed by atoms with van der Waals surface area (Å²) in [4.78, 5) is 26.8. The number of amides is 1. The number of carbonyl (C=O) groups is 2. The van der Waals surface area contributed by atoms with E-state index in [9.17, 15) is 9.59 Å². The zero-order valence-corrected chi connectivity index (χ0v) is 11.5. The maximum Gasteiger partial charge on any atom is 0.325 e. The minimum atomic E-state index is -1.08. The van der Waals surface area contributed by atoms with Gasteiger partial charge in [0.1, 0.15) is 6.04 Å². The van der Waals surface area contributed by atoms with E-state index in [-0.39, 0.29) is 6.04 Å². The summed E-state index contributed by atoms with van der Waals surface area (Å²) >= 11 is 0. The van der Waals surface area contributed by atoms with Gasteiger partial charge in [0.05, 0.1) is 11.8 Å². The van der Waals surface area contributed by atoms with Crippen LogP contribution >= 0.6 is 0 Å². The van der Waals surface area contributed by atoms with E-state index in [0.29, 0.717) is 11.2 Å². The van der Waals surface area contributed by atoms with E-state index in [1.807, 2.05) is 13.8 Å². The van der Waals surface area contributed by atoms with Gasteiger partial charge in [-0.2, -0.15) is 5.10 Å². The van der Waals surface area contributed by atoms with Crippen LogP contribution in [-0.4, -0.2) is 37.8 Å². The smallest absolute Gasteiger partial charge is 0.325 e. The molecule has 0 saturated heterocycles. The quantitative estimate of drug-likeness (QED) is 0.875. The van der Waals surface area contributed by atoms with Crippen LogP contribution in [0.3, 0.4) is 0 Å². The largest absolute Gasteiger partial charge is 0.480 e. The summed E-state index contributed by atoms with van der Waals surface area (Å²) in [5, 5.41) is 16.1. The van der Waals surface area contributed by atoms with Crippen LogP contribution in [0.15, 0.2) is 18.5 Å². The Morgan fingerprint density at radius 1 is 1.30 bits per heavy atom. The van der Waals surface area contributed by atoms with Crippen molar-refractivity contribution in [2.24, 2.45) is 0 Å². The molecular formula is C13H16N4O3. The zero-order valence-electron chi connectivity index (χ0n) is 11.5. The van der Waals surface area contributed by atoms with Crippen molar-refractivity contribution in [1.82, 2.24) is 20.1 Å². The fourth-order valence-electron chi connectivity index (χ4n) is 1.78. The highest BCUT2D eigenvalue weighted by molar-refractivity contribution is 5.98. The first-order valence-electron chi connectivity index (χ1n) is 6.27. The molecule has 106 valence electrons. The average molecular weight is 276 g/mol. The first-order chi connectivity index (χ1) is 9.40. The molecule has 1 amide bonds. The summed E-state index contributed by atoms with van der Waals surface area (Å²) in [7, 11) is 0. The molecule has 2 heterocycles. The highest BCUT2D eigenvalue weighted by Crippen LogP contribution is 2.16. The standard InChI is InChI=1S/C13H16N4O3/c1-7(2)17-11-9(6-15-17)4-10(5-14-11)12(18)16-8(3)13(19)20/h4-8H,1-3H3,(H,16,18)(H,19,20). The van der Waals surface area contributed by atoms with Crippen LogP contribution in [0, 0.1) is 0 Å². The summed E-state index contributed by atoms with van der Waals surface area (Å²) in [5.74, 6) is -1.55. The minimum Gasteiger partial charge on any atom is -0.480 e. The molecule has 2 rings (SSSR count). The molecule has 1 atom stereocenters. The number of nitrogens with one attached hydrogen (secondary N) is 1. The van der Waals surface area contributed by atoms with Gasteiger partial charge in [0.2, 0.25) is 0 Å². The summed E-state index contributed by atoms with van der Waals surface area (Å²) < 4.78 is 1.76. The molecule has 0 aliphatic heterocycles. The molecule has 7 heteroatoms. The lowest BCUT2D eigenvalue weighted by Gasteiger charge is -2.09. The lowest BCUT2D eigenvalue weighted by Crippen LogP contribution is -2.38. The molecule has 0 radical (unpaired) electrons. The van der Waals surface area contributed by atoms with Crippen molar-refractivity contribution in [3.8, 4) is 0 Å². The third-order valence-electron chi connectivity index (χ3n) is 2.90. The van der Waals surface area contributed by atoms with Gasteiger partial charge < -0.3 is 10.4 Å². The lowest BCUT2D eigenvalue weighted by molar-refractivity contribution is -0.138. The van der Waals surface area contributed by atoms with E-state index >= 15 is 0 Å². The number of hydrogen-bond donors (Lipinski definition) is 2. The number of aliphatic carboxylic acids is 1. The molecular weight excluding hydrogens is 260 g/mol. The average Bonchev–Trinajstić information content (AvgIpc) is 2.81. The SMILES string of the molecule is CC(NC(=O)c1cnc2c(cnn2C(C)C)c1)C(=O)O. The first-order valence-corrected chi connectivity index (χ1v) is 6.27. The molecule has 0 aromatic carbocycles. The van der Waals surface area contributed by atoms with E-state index in [4.69, 9.17) is 5.11 Å². The van der Waals surface area contributed by atoms with E-state index in [2.05, 4.69) is 15.4 Å². The number of aromatic nitrogens is 3. The molecule has 0 bridgehead atoms. The van der Waals surface area contributed by atoms with Crippen molar-refractivity contribution in [2.75, 3.05) is 0 Å². The number of fused-ring (bicyclic) bond motifs is 1. The Balaban J connectivity index is 2.28. The highest BCUT2D eigenvalue weighted by Gasteiger charge is 2.16. The van der Waals surface area contributed by atoms with Gasteiger partial charge in [-0.15, -0.1) is 0 Å². The van der Waals surface area contributed by atoms with E-state index in [0.717, 1.165) is 5.39 Å². The van der Waals surface area contributed by atoms with Crippen molar-refractivity contribution in [3.05, 3.63) is 24.0 Å². The molecule has 2 aromatic heterocycles. The van der Waals surface area contributed by atoms with Gasteiger partial charge in [0.25, 0.3) is 5.91 Å². The second-order valence-electron chi connectivity index (χ2n) is 4.85. The number of carboxylic acid groups (broad SMARTS) is 1. The fraction of sp³-hybridized carbons (Fsp3) is 0.385. The molecule has 7 nitrogen and oxygen atoms in total. The zero-order chi connectivity index (χ0) is 14.9. The van der Waals surface area contributed by atoms with Gasteiger partial charge in [-0.05, 0) is 26.8 Å². The van der Waals surface area contributed by atoms with E-state index in [1.165, 1.54) is 13.1 Å². The van der Waals surface area contributed by atoms with Crippen molar-refractivity contribution >= 4 is 22.9 Å². The molecule has 0 saturated carbocycles. The summed E-state index contributed by atoms with van der Waals surface area (Å²) in [6.07, 6.45) is 3.06. The van der Waals surface area contributed by atoms with E-state index < -0.39 is 17.9 Å². The van der Waals surface area contributed by atoms with Crippen molar-refractivity contribution < 1.29 is 14.7 Å². The van der Waals surface area contributed by atoms with Crippen LogP contribution in [0.4, 0.5) is 0 Å². The third kappa shape index (κ3) is 2.61.